The van der Waals surface area contributed by atoms with E-state index in [9.17, 15) is 13.2 Å². The Hall–Kier alpha value is -4.19. The number of aryl methyl sites for hydroxylation is 1. The molecule has 0 saturated heterocycles. The third-order valence-electron chi connectivity index (χ3n) is 7.06. The summed E-state index contributed by atoms with van der Waals surface area (Å²) in [6, 6.07) is 14.4. The lowest BCUT2D eigenvalue weighted by molar-refractivity contribution is 0.171. The molecule has 0 spiro atoms. The number of carbonyl (C=O) groups excluding carboxylic acids is 1. The lowest BCUT2D eigenvalue weighted by atomic mass is 9.85. The van der Waals surface area contributed by atoms with Crippen molar-refractivity contribution in [3.8, 4) is 5.75 Å². The van der Waals surface area contributed by atoms with Crippen molar-refractivity contribution in [2.45, 2.75) is 65.0 Å². The molecule has 0 fully saturated rings. The van der Waals surface area contributed by atoms with Crippen LogP contribution in [0.1, 0.15) is 75.3 Å². The number of ether oxygens (including phenoxy) is 1. The van der Waals surface area contributed by atoms with Crippen molar-refractivity contribution in [2.24, 2.45) is 0 Å². The van der Waals surface area contributed by atoms with E-state index in [0.29, 0.717) is 30.0 Å². The fourth-order valence-electron chi connectivity index (χ4n) is 4.84. The Kier molecular flexibility index (Phi) is 7.60. The Labute approximate surface area is 239 Å². The van der Waals surface area contributed by atoms with Gasteiger partial charge in [0.15, 0.2) is 5.65 Å². The van der Waals surface area contributed by atoms with Gasteiger partial charge in [-0.1, -0.05) is 45.0 Å². The van der Waals surface area contributed by atoms with Crippen molar-refractivity contribution in [1.82, 2.24) is 24.9 Å². The van der Waals surface area contributed by atoms with Gasteiger partial charge >= 0.3 is 6.03 Å². The molecule has 4 aromatic rings. The zero-order valence-electron chi connectivity index (χ0n) is 23.8. The first-order valence-corrected chi connectivity index (χ1v) is 15.2. The van der Waals surface area contributed by atoms with Gasteiger partial charge in [-0.25, -0.2) is 18.2 Å². The number of benzene rings is 1. The summed E-state index contributed by atoms with van der Waals surface area (Å²) in [5.74, 6) is 1.57. The zero-order valence-corrected chi connectivity index (χ0v) is 24.6. The van der Waals surface area contributed by atoms with Gasteiger partial charge in [-0.15, -0.1) is 10.2 Å². The second kappa shape index (κ2) is 11.0. The molecule has 0 radical (unpaired) electrons. The van der Waals surface area contributed by atoms with Crippen LogP contribution in [0.5, 0.6) is 5.75 Å². The van der Waals surface area contributed by atoms with Crippen molar-refractivity contribution in [1.29, 1.82) is 0 Å². The van der Waals surface area contributed by atoms with Gasteiger partial charge in [0.05, 0.1) is 23.7 Å². The van der Waals surface area contributed by atoms with Gasteiger partial charge < -0.3 is 15.4 Å². The predicted molar refractivity (Wildman–Crippen MR) is 158 cm³/mol. The standard InChI is InChI=1S/C29H35N7O4S/c1-6-41(38,39)35-26-16-19(15-25(32-26)29(3,4)5)30-28(37)31-23-12-13-24(22-10-8-7-9-21(22)23)40-20-11-14-27-34-33-18(2)36(27)17-20/h7-11,14-17,23-24H,6,12-13H2,1-5H3,(H3,30,31,32,35,37)/t23-,24+/m0/s1. The van der Waals surface area contributed by atoms with E-state index in [-0.39, 0.29) is 29.1 Å². The predicted octanol–water partition coefficient (Wildman–Crippen LogP) is 5.27. The number of rotatable bonds is 7. The number of aromatic nitrogens is 4. The maximum atomic E-state index is 13.2. The molecule has 1 aliphatic rings. The normalized spacial score (nSPS) is 17.1. The molecule has 3 heterocycles. The number of hydrogen-bond acceptors (Lipinski definition) is 7. The third kappa shape index (κ3) is 6.43. The first-order valence-electron chi connectivity index (χ1n) is 13.6. The Bertz CT molecular complexity index is 1700. The van der Waals surface area contributed by atoms with Crippen LogP contribution < -0.4 is 20.1 Å². The lowest BCUT2D eigenvalue weighted by Crippen LogP contribution is -2.35. The summed E-state index contributed by atoms with van der Waals surface area (Å²) in [5, 5.41) is 14.2. The molecule has 3 aromatic heterocycles. The molecular formula is C29H35N7O4S. The highest BCUT2D eigenvalue weighted by Gasteiger charge is 2.30. The van der Waals surface area contributed by atoms with Crippen LogP contribution >= 0.6 is 0 Å². The summed E-state index contributed by atoms with van der Waals surface area (Å²) in [7, 11) is -3.53. The van der Waals surface area contributed by atoms with Gasteiger partial charge in [0.25, 0.3) is 0 Å². The van der Waals surface area contributed by atoms with Gasteiger partial charge in [0.2, 0.25) is 10.0 Å². The number of anilines is 2. The molecule has 1 aromatic carbocycles. The van der Waals surface area contributed by atoms with Crippen molar-refractivity contribution in [3.63, 3.8) is 0 Å². The van der Waals surface area contributed by atoms with Gasteiger partial charge in [0, 0.05) is 17.2 Å². The van der Waals surface area contributed by atoms with E-state index in [4.69, 9.17) is 4.74 Å². The molecule has 0 unspecified atom stereocenters. The molecule has 0 bridgehead atoms. The number of nitrogens with one attached hydrogen (secondary N) is 3. The molecule has 12 heteroatoms. The number of hydrogen-bond donors (Lipinski definition) is 3. The molecule has 5 rings (SSSR count). The average molecular weight is 578 g/mol. The van der Waals surface area contributed by atoms with Gasteiger partial charge in [-0.2, -0.15) is 0 Å². The van der Waals surface area contributed by atoms with Crippen LogP contribution in [0.3, 0.4) is 0 Å². The van der Waals surface area contributed by atoms with Crippen LogP contribution in [0.25, 0.3) is 5.65 Å². The van der Waals surface area contributed by atoms with Gasteiger partial charge in [0.1, 0.15) is 23.5 Å². The van der Waals surface area contributed by atoms with E-state index < -0.39 is 16.1 Å². The van der Waals surface area contributed by atoms with E-state index in [2.05, 4.69) is 30.5 Å². The molecule has 3 N–H and O–H groups in total. The monoisotopic (exact) mass is 577 g/mol. The van der Waals surface area contributed by atoms with E-state index in [0.717, 1.165) is 22.6 Å². The molecule has 11 nitrogen and oxygen atoms in total. The largest absolute Gasteiger partial charge is 0.484 e. The van der Waals surface area contributed by atoms with Crippen molar-refractivity contribution in [3.05, 3.63) is 77.4 Å². The van der Waals surface area contributed by atoms with Gasteiger partial charge in [-0.3, -0.25) is 9.12 Å². The summed E-state index contributed by atoms with van der Waals surface area (Å²) < 4.78 is 35.1. The average Bonchev–Trinajstić information content (AvgIpc) is 3.29. The van der Waals surface area contributed by atoms with Crippen LogP contribution in [0, 0.1) is 6.92 Å². The molecule has 1 aliphatic carbocycles. The van der Waals surface area contributed by atoms with Crippen LogP contribution in [0.2, 0.25) is 0 Å². The highest BCUT2D eigenvalue weighted by molar-refractivity contribution is 7.92. The van der Waals surface area contributed by atoms with E-state index >= 15 is 0 Å². The van der Waals surface area contributed by atoms with Crippen molar-refractivity contribution >= 4 is 33.2 Å². The number of sulfonamides is 1. The highest BCUT2D eigenvalue weighted by atomic mass is 32.2. The first kappa shape index (κ1) is 28.3. The molecule has 0 aliphatic heterocycles. The van der Waals surface area contributed by atoms with Crippen LogP contribution in [0.15, 0.2) is 54.7 Å². The number of pyridine rings is 2. The quantitative estimate of drug-likeness (QED) is 0.272. The summed E-state index contributed by atoms with van der Waals surface area (Å²) >= 11 is 0. The number of amides is 2. The molecule has 2 atom stereocenters. The molecular weight excluding hydrogens is 542 g/mol. The van der Waals surface area contributed by atoms with Crippen LogP contribution in [0.4, 0.5) is 16.3 Å². The summed E-state index contributed by atoms with van der Waals surface area (Å²) in [5.41, 5.74) is 3.48. The second-order valence-electron chi connectivity index (χ2n) is 11.2. The van der Waals surface area contributed by atoms with E-state index in [1.54, 1.807) is 13.0 Å². The number of carbonyl (C=O) groups is 1. The Balaban J connectivity index is 1.33. The van der Waals surface area contributed by atoms with E-state index in [1.165, 1.54) is 6.07 Å². The summed E-state index contributed by atoms with van der Waals surface area (Å²) in [4.78, 5) is 17.6. The SMILES string of the molecule is CCS(=O)(=O)Nc1cc(NC(=O)N[C@H]2CC[C@@H](Oc3ccc4nnc(C)n4c3)c3ccccc32)cc(C(C)(C)C)n1. The maximum Gasteiger partial charge on any atom is 0.319 e. The van der Waals surface area contributed by atoms with Gasteiger partial charge in [-0.05, 0) is 56.0 Å². The minimum atomic E-state index is -3.53. The topological polar surface area (TPSA) is 140 Å². The van der Waals surface area contributed by atoms with Crippen LogP contribution in [-0.4, -0.2) is 39.8 Å². The van der Waals surface area contributed by atoms with Crippen molar-refractivity contribution < 1.29 is 17.9 Å². The van der Waals surface area contributed by atoms with Crippen LogP contribution in [-0.2, 0) is 15.4 Å². The Morgan fingerprint density at radius 2 is 1.83 bits per heavy atom. The number of urea groups is 1. The number of fused-ring (bicyclic) bond motifs is 2. The molecule has 216 valence electrons. The molecule has 2 amide bonds. The fourth-order valence-corrected chi connectivity index (χ4v) is 5.41. The zero-order chi connectivity index (χ0) is 29.4. The smallest absolute Gasteiger partial charge is 0.319 e. The van der Waals surface area contributed by atoms with Crippen molar-refractivity contribution in [2.75, 3.05) is 15.8 Å². The minimum Gasteiger partial charge on any atom is -0.484 e. The fraction of sp³-hybridized carbons (Fsp3) is 0.379. The highest BCUT2D eigenvalue weighted by Crippen LogP contribution is 2.39. The lowest BCUT2D eigenvalue weighted by Gasteiger charge is -2.32. The summed E-state index contributed by atoms with van der Waals surface area (Å²) in [6.07, 6.45) is 3.09. The molecule has 0 saturated carbocycles. The minimum absolute atomic E-state index is 0.0848. The Morgan fingerprint density at radius 1 is 1.07 bits per heavy atom. The first-order chi connectivity index (χ1) is 19.4. The number of nitrogens with zero attached hydrogens (tertiary/aromatic N) is 4. The second-order valence-corrected chi connectivity index (χ2v) is 13.2. The summed E-state index contributed by atoms with van der Waals surface area (Å²) in [6.45, 7) is 9.36. The van der Waals surface area contributed by atoms with E-state index in [1.807, 2.05) is 74.7 Å². The maximum absolute atomic E-state index is 13.2. The molecule has 41 heavy (non-hydrogen) atoms. The Morgan fingerprint density at radius 3 is 2.56 bits per heavy atom. The third-order valence-corrected chi connectivity index (χ3v) is 8.34.